The lowest BCUT2D eigenvalue weighted by molar-refractivity contribution is 0.464. The van der Waals surface area contributed by atoms with Crippen LogP contribution < -0.4 is 5.32 Å². The van der Waals surface area contributed by atoms with Gasteiger partial charge in [-0.05, 0) is 44.2 Å². The van der Waals surface area contributed by atoms with E-state index < -0.39 is 0 Å². The van der Waals surface area contributed by atoms with Crippen LogP contribution in [-0.2, 0) is 6.42 Å². The van der Waals surface area contributed by atoms with Gasteiger partial charge in [0.15, 0.2) is 0 Å². The van der Waals surface area contributed by atoms with Crippen molar-refractivity contribution in [2.45, 2.75) is 32.7 Å². The number of benzene rings is 1. The lowest BCUT2D eigenvalue weighted by Gasteiger charge is -2.10. The Morgan fingerprint density at radius 1 is 1.26 bits per heavy atom. The van der Waals surface area contributed by atoms with Gasteiger partial charge in [-0.25, -0.2) is 4.39 Å². The SMILES string of the molecule is CCCNC(C)Cc1ccc(-c2cccc(F)c2)o1. The molecule has 1 heterocycles. The maximum atomic E-state index is 13.2. The third kappa shape index (κ3) is 3.93. The molecule has 2 aromatic rings. The van der Waals surface area contributed by atoms with E-state index in [0.717, 1.165) is 36.5 Å². The summed E-state index contributed by atoms with van der Waals surface area (Å²) < 4.78 is 18.9. The topological polar surface area (TPSA) is 25.2 Å². The summed E-state index contributed by atoms with van der Waals surface area (Å²) in [6, 6.07) is 10.7. The molecule has 0 saturated carbocycles. The van der Waals surface area contributed by atoms with Crippen molar-refractivity contribution in [2.24, 2.45) is 0 Å². The van der Waals surface area contributed by atoms with Crippen LogP contribution in [0.15, 0.2) is 40.8 Å². The molecule has 0 fully saturated rings. The van der Waals surface area contributed by atoms with Gasteiger partial charge in [0, 0.05) is 18.0 Å². The lowest BCUT2D eigenvalue weighted by Crippen LogP contribution is -2.28. The second-order valence-corrected chi connectivity index (χ2v) is 4.84. The highest BCUT2D eigenvalue weighted by atomic mass is 19.1. The van der Waals surface area contributed by atoms with Crippen LogP contribution >= 0.6 is 0 Å². The molecular formula is C16H20FNO. The molecule has 1 aromatic heterocycles. The summed E-state index contributed by atoms with van der Waals surface area (Å²) in [6.45, 7) is 5.30. The molecule has 0 radical (unpaired) electrons. The molecule has 1 aromatic carbocycles. The van der Waals surface area contributed by atoms with E-state index in [4.69, 9.17) is 4.42 Å². The monoisotopic (exact) mass is 261 g/mol. The first-order valence-electron chi connectivity index (χ1n) is 6.77. The fraction of sp³-hybridized carbons (Fsp3) is 0.375. The smallest absolute Gasteiger partial charge is 0.134 e. The van der Waals surface area contributed by atoms with Crippen molar-refractivity contribution in [1.29, 1.82) is 0 Å². The molecule has 0 amide bonds. The number of halogens is 1. The Balaban J connectivity index is 2.03. The molecule has 0 aliphatic heterocycles. The van der Waals surface area contributed by atoms with E-state index in [-0.39, 0.29) is 5.82 Å². The highest BCUT2D eigenvalue weighted by Crippen LogP contribution is 2.23. The molecule has 102 valence electrons. The van der Waals surface area contributed by atoms with Crippen molar-refractivity contribution in [3.05, 3.63) is 48.0 Å². The minimum atomic E-state index is -0.242. The molecule has 3 heteroatoms. The van der Waals surface area contributed by atoms with Crippen LogP contribution in [0.25, 0.3) is 11.3 Å². The Kier molecular flexibility index (Phi) is 4.74. The first-order chi connectivity index (χ1) is 9.19. The molecule has 0 saturated heterocycles. The van der Waals surface area contributed by atoms with Gasteiger partial charge in [0.1, 0.15) is 17.3 Å². The zero-order valence-corrected chi connectivity index (χ0v) is 11.4. The fourth-order valence-electron chi connectivity index (χ4n) is 2.05. The van der Waals surface area contributed by atoms with Crippen molar-refractivity contribution >= 4 is 0 Å². The van der Waals surface area contributed by atoms with Gasteiger partial charge in [0.2, 0.25) is 0 Å². The highest BCUT2D eigenvalue weighted by molar-refractivity contribution is 5.57. The van der Waals surface area contributed by atoms with E-state index in [9.17, 15) is 4.39 Å². The van der Waals surface area contributed by atoms with E-state index in [1.807, 2.05) is 18.2 Å². The molecule has 0 spiro atoms. The van der Waals surface area contributed by atoms with Gasteiger partial charge in [0.05, 0.1) is 0 Å². The summed E-state index contributed by atoms with van der Waals surface area (Å²) in [4.78, 5) is 0. The maximum absolute atomic E-state index is 13.2. The summed E-state index contributed by atoms with van der Waals surface area (Å²) in [7, 11) is 0. The third-order valence-electron chi connectivity index (χ3n) is 3.02. The van der Waals surface area contributed by atoms with Crippen LogP contribution in [0.3, 0.4) is 0 Å². The molecule has 0 bridgehead atoms. The summed E-state index contributed by atoms with van der Waals surface area (Å²) >= 11 is 0. The zero-order valence-electron chi connectivity index (χ0n) is 11.4. The molecule has 2 rings (SSSR count). The first kappa shape index (κ1) is 13.8. The van der Waals surface area contributed by atoms with E-state index in [1.165, 1.54) is 12.1 Å². The molecule has 1 unspecified atom stereocenters. The molecule has 1 atom stereocenters. The zero-order chi connectivity index (χ0) is 13.7. The predicted octanol–water partition coefficient (Wildman–Crippen LogP) is 4.02. The van der Waals surface area contributed by atoms with Crippen molar-refractivity contribution in [3.8, 4) is 11.3 Å². The maximum Gasteiger partial charge on any atom is 0.134 e. The number of hydrogen-bond acceptors (Lipinski definition) is 2. The standard InChI is InChI=1S/C16H20FNO/c1-3-9-18-12(2)10-15-7-8-16(19-15)13-5-4-6-14(17)11-13/h4-8,11-12,18H,3,9-10H2,1-2H3. The highest BCUT2D eigenvalue weighted by Gasteiger charge is 2.08. The number of rotatable bonds is 6. The normalized spacial score (nSPS) is 12.6. The minimum Gasteiger partial charge on any atom is -0.461 e. The Hall–Kier alpha value is -1.61. The van der Waals surface area contributed by atoms with E-state index >= 15 is 0 Å². The molecule has 2 nitrogen and oxygen atoms in total. The van der Waals surface area contributed by atoms with Gasteiger partial charge in [-0.15, -0.1) is 0 Å². The minimum absolute atomic E-state index is 0.242. The van der Waals surface area contributed by atoms with E-state index in [1.54, 1.807) is 6.07 Å². The van der Waals surface area contributed by atoms with Crippen LogP contribution in [0.4, 0.5) is 4.39 Å². The third-order valence-corrected chi connectivity index (χ3v) is 3.02. The van der Waals surface area contributed by atoms with E-state index in [2.05, 4.69) is 19.2 Å². The Bertz CT molecular complexity index is 521. The van der Waals surface area contributed by atoms with Gasteiger partial charge in [-0.1, -0.05) is 19.1 Å². The number of nitrogens with one attached hydrogen (secondary N) is 1. The summed E-state index contributed by atoms with van der Waals surface area (Å²) in [5, 5.41) is 3.42. The van der Waals surface area contributed by atoms with Crippen LogP contribution in [-0.4, -0.2) is 12.6 Å². The molecule has 0 aliphatic rings. The van der Waals surface area contributed by atoms with Crippen molar-refractivity contribution < 1.29 is 8.81 Å². The molecular weight excluding hydrogens is 241 g/mol. The second kappa shape index (κ2) is 6.53. The fourth-order valence-corrected chi connectivity index (χ4v) is 2.05. The summed E-state index contributed by atoms with van der Waals surface area (Å²) in [5.41, 5.74) is 0.778. The van der Waals surface area contributed by atoms with Crippen molar-refractivity contribution in [2.75, 3.05) is 6.54 Å². The van der Waals surface area contributed by atoms with Crippen LogP contribution in [0.2, 0.25) is 0 Å². The van der Waals surface area contributed by atoms with Gasteiger partial charge in [-0.3, -0.25) is 0 Å². The largest absolute Gasteiger partial charge is 0.461 e. The van der Waals surface area contributed by atoms with Crippen molar-refractivity contribution in [3.63, 3.8) is 0 Å². The summed E-state index contributed by atoms with van der Waals surface area (Å²) in [5.74, 6) is 1.40. The second-order valence-electron chi connectivity index (χ2n) is 4.84. The van der Waals surface area contributed by atoms with Gasteiger partial charge < -0.3 is 9.73 Å². The predicted molar refractivity (Wildman–Crippen MR) is 75.6 cm³/mol. The average molecular weight is 261 g/mol. The number of hydrogen-bond donors (Lipinski definition) is 1. The van der Waals surface area contributed by atoms with Crippen LogP contribution in [0, 0.1) is 5.82 Å². The Labute approximate surface area is 113 Å². The Morgan fingerprint density at radius 3 is 2.84 bits per heavy atom. The van der Waals surface area contributed by atoms with Crippen LogP contribution in [0.5, 0.6) is 0 Å². The van der Waals surface area contributed by atoms with Crippen molar-refractivity contribution in [1.82, 2.24) is 5.32 Å². The molecule has 19 heavy (non-hydrogen) atoms. The first-order valence-corrected chi connectivity index (χ1v) is 6.77. The summed E-state index contributed by atoms with van der Waals surface area (Å²) in [6.07, 6.45) is 1.96. The number of furan rings is 1. The molecule has 0 aliphatic carbocycles. The van der Waals surface area contributed by atoms with Crippen LogP contribution in [0.1, 0.15) is 26.0 Å². The molecule has 1 N–H and O–H groups in total. The average Bonchev–Trinajstić information content (AvgIpc) is 2.85. The van der Waals surface area contributed by atoms with E-state index in [0.29, 0.717) is 6.04 Å². The Morgan fingerprint density at radius 2 is 2.11 bits per heavy atom. The van der Waals surface area contributed by atoms with Gasteiger partial charge >= 0.3 is 0 Å². The lowest BCUT2D eigenvalue weighted by atomic mass is 10.1. The quantitative estimate of drug-likeness (QED) is 0.849. The van der Waals surface area contributed by atoms with Gasteiger partial charge in [-0.2, -0.15) is 0 Å². The van der Waals surface area contributed by atoms with Gasteiger partial charge in [0.25, 0.3) is 0 Å².